The normalized spacial score (nSPS) is 22.0. The van der Waals surface area contributed by atoms with E-state index in [1.807, 2.05) is 19.1 Å². The van der Waals surface area contributed by atoms with Crippen molar-refractivity contribution in [3.05, 3.63) is 129 Å². The third-order valence-corrected chi connectivity index (χ3v) is 65.8. The van der Waals surface area contributed by atoms with E-state index in [1.54, 1.807) is 12.1 Å². The number of benzene rings is 4. The SMILES string of the molecule is CC1=Cc2c(-c3ccc(C(C(F)(F)F)(C(F)(F)F)C(F)(F)F)cc3)cccc2[CH]1[Zr]([Cl])([Cl])([CH]1C(C2CCC(C)CC2)=Cc2c(-c3ccc(C(C)C)cc3)cccc21)[SiH](C)C. The second-order valence-corrected chi connectivity index (χ2v) is 60.5. The van der Waals surface area contributed by atoms with Crippen LogP contribution in [0.15, 0.2) is 96.1 Å². The Morgan fingerprint density at radius 3 is 1.52 bits per heavy atom. The molecule has 3 aliphatic rings. The second-order valence-electron chi connectivity index (χ2n) is 18.0. The summed E-state index contributed by atoms with van der Waals surface area (Å²) < 4.78 is 126. The van der Waals surface area contributed by atoms with E-state index in [0.717, 1.165) is 71.2 Å². The van der Waals surface area contributed by atoms with Crippen molar-refractivity contribution < 1.29 is 55.1 Å². The quantitative estimate of drug-likeness (QED) is 0.122. The fraction of sp³-hybridized carbons (Fsp3) is 0.404. The van der Waals surface area contributed by atoms with E-state index in [2.05, 4.69) is 82.4 Å². The predicted octanol–water partition coefficient (Wildman–Crippen LogP) is 16.5. The zero-order valence-corrected chi connectivity index (χ0v) is 39.3. The number of allylic oxidation sites excluding steroid dienone is 2. The summed E-state index contributed by atoms with van der Waals surface area (Å²) in [6.07, 6.45) is -11.6. The Balaban J connectivity index is 1.38. The van der Waals surface area contributed by atoms with Gasteiger partial charge >= 0.3 is 357 Å². The first-order valence-electron chi connectivity index (χ1n) is 20.5. The molecule has 1 saturated carbocycles. The molecule has 2 atom stereocenters. The van der Waals surface area contributed by atoms with Crippen LogP contribution in [0, 0.1) is 11.8 Å². The molecule has 13 heteroatoms. The minimum absolute atomic E-state index is 0.165. The first kappa shape index (κ1) is 45.4. The average molecular weight is 974 g/mol. The summed E-state index contributed by atoms with van der Waals surface area (Å²) in [5, 5.41) is 0. The molecule has 0 saturated heterocycles. The third-order valence-electron chi connectivity index (χ3n) is 13.9. The zero-order valence-electron chi connectivity index (χ0n) is 34.2. The molecule has 321 valence electrons. The standard InChI is InChI=1S/C25H29.C20H12F9.C2H7Si.2ClH.Zr/c1-17(2)19-11-13-21(14-12-19)24-6-4-5-22-15-23(16-25(22)24)20-9-7-18(3)8-10-20;1-11-9-13-3-2-4-15(16(13)10-11)12-5-7-14(8-6-12)17(18(21,22)23,19(24,25)26)20(27,28)29;1-3-2;;;/h4-6,11-18,20H,7-10H2,1-3H3;2-10H,1H3;3H,1-2H3;2*1H;/q;;;;;+2/p-2. The van der Waals surface area contributed by atoms with Gasteiger partial charge in [0.1, 0.15) is 0 Å². The summed E-state index contributed by atoms with van der Waals surface area (Å²) in [5.74, 6) is -0.748. The fourth-order valence-corrected chi connectivity index (χ4v) is 42.5. The monoisotopic (exact) mass is 971 g/mol. The Kier molecular flexibility index (Phi) is 11.8. The Morgan fingerprint density at radius 2 is 1.07 bits per heavy atom. The van der Waals surface area contributed by atoms with Gasteiger partial charge < -0.3 is 0 Å². The van der Waals surface area contributed by atoms with Crippen LogP contribution in [0.1, 0.15) is 99.9 Å². The first-order valence-corrected chi connectivity index (χ1v) is 36.8. The Bertz CT molecular complexity index is 2290. The van der Waals surface area contributed by atoms with Gasteiger partial charge in [0, 0.05) is 0 Å². The molecule has 0 aliphatic heterocycles. The molecular formula is C47H48Cl2F9SiZr. The summed E-state index contributed by atoms with van der Waals surface area (Å²) in [4.78, 5) is 0. The van der Waals surface area contributed by atoms with Crippen LogP contribution >= 0.6 is 17.0 Å². The van der Waals surface area contributed by atoms with E-state index >= 15 is 0 Å². The maximum absolute atomic E-state index is 14.0. The van der Waals surface area contributed by atoms with Crippen LogP contribution in [0.25, 0.3) is 34.4 Å². The predicted molar refractivity (Wildman–Crippen MR) is 227 cm³/mol. The molecule has 1 fully saturated rings. The van der Waals surface area contributed by atoms with Crippen LogP contribution < -0.4 is 0 Å². The molecule has 0 bridgehead atoms. The summed E-state index contributed by atoms with van der Waals surface area (Å²) in [7, 11) is 17.2. The summed E-state index contributed by atoms with van der Waals surface area (Å²) in [5.41, 5.74) is 1.99. The van der Waals surface area contributed by atoms with Crippen molar-refractivity contribution in [3.63, 3.8) is 0 Å². The van der Waals surface area contributed by atoms with Crippen LogP contribution in [0.3, 0.4) is 0 Å². The van der Waals surface area contributed by atoms with Gasteiger partial charge in [0.15, 0.2) is 0 Å². The molecule has 3 aliphatic carbocycles. The molecule has 0 radical (unpaired) electrons. The van der Waals surface area contributed by atoms with Crippen LogP contribution in [0.5, 0.6) is 0 Å². The summed E-state index contributed by atoms with van der Waals surface area (Å²) >= 11 is -5.33. The van der Waals surface area contributed by atoms with Crippen molar-refractivity contribution in [2.24, 2.45) is 11.8 Å². The molecule has 0 spiro atoms. The van der Waals surface area contributed by atoms with Crippen molar-refractivity contribution in [2.45, 2.75) is 104 Å². The zero-order chi connectivity index (χ0) is 44.0. The molecule has 0 N–H and O–H groups in total. The molecular weight excluding hydrogens is 926 g/mol. The van der Waals surface area contributed by atoms with Gasteiger partial charge in [-0.15, -0.1) is 0 Å². The number of fused-ring (bicyclic) bond motifs is 2. The van der Waals surface area contributed by atoms with E-state index in [4.69, 9.17) is 17.0 Å². The maximum atomic E-state index is 14.0. The van der Waals surface area contributed by atoms with Crippen LogP contribution in [0.4, 0.5) is 39.5 Å². The minimum atomic E-state index is -6.71. The number of rotatable bonds is 8. The molecule has 0 aromatic heterocycles. The van der Waals surface area contributed by atoms with Gasteiger partial charge in [-0.2, -0.15) is 0 Å². The van der Waals surface area contributed by atoms with Crippen LogP contribution in [-0.4, -0.2) is 24.5 Å². The van der Waals surface area contributed by atoms with Crippen molar-refractivity contribution in [2.75, 3.05) is 0 Å². The third kappa shape index (κ3) is 7.06. The van der Waals surface area contributed by atoms with E-state index in [0.29, 0.717) is 23.0 Å². The van der Waals surface area contributed by atoms with Gasteiger partial charge in [-0.3, -0.25) is 0 Å². The molecule has 0 heterocycles. The van der Waals surface area contributed by atoms with Crippen molar-refractivity contribution >= 4 is 35.1 Å². The van der Waals surface area contributed by atoms with E-state index < -0.39 is 51.0 Å². The molecule has 60 heavy (non-hydrogen) atoms. The topological polar surface area (TPSA) is 0 Å². The molecule has 4 aromatic rings. The van der Waals surface area contributed by atoms with Gasteiger partial charge in [0.2, 0.25) is 0 Å². The second kappa shape index (κ2) is 15.6. The Morgan fingerprint density at radius 1 is 0.617 bits per heavy atom. The van der Waals surface area contributed by atoms with Crippen molar-refractivity contribution in [1.29, 1.82) is 0 Å². The number of alkyl halides is 9. The van der Waals surface area contributed by atoms with Crippen LogP contribution in [-0.2, 0) is 21.0 Å². The average Bonchev–Trinajstić information content (AvgIpc) is 3.73. The summed E-state index contributed by atoms with van der Waals surface area (Å²) in [6.45, 7) is 13.0. The molecule has 4 aromatic carbocycles. The van der Waals surface area contributed by atoms with Crippen molar-refractivity contribution in [1.82, 2.24) is 0 Å². The number of hydrogen-bond acceptors (Lipinski definition) is 0. The van der Waals surface area contributed by atoms with Gasteiger partial charge in [-0.25, -0.2) is 0 Å². The number of hydrogen-bond donors (Lipinski definition) is 0. The van der Waals surface area contributed by atoms with Gasteiger partial charge in [-0.1, -0.05) is 0 Å². The Hall–Kier alpha value is -2.59. The molecule has 0 amide bonds. The van der Waals surface area contributed by atoms with Gasteiger partial charge in [-0.05, 0) is 0 Å². The Labute approximate surface area is 355 Å². The molecule has 0 nitrogen and oxygen atoms in total. The molecule has 7 rings (SSSR count). The van der Waals surface area contributed by atoms with Gasteiger partial charge in [0.05, 0.1) is 0 Å². The fourth-order valence-electron chi connectivity index (χ4n) is 10.5. The van der Waals surface area contributed by atoms with E-state index in [-0.39, 0.29) is 30.9 Å². The first-order chi connectivity index (χ1) is 27.8. The number of halogens is 11. The van der Waals surface area contributed by atoms with E-state index in [9.17, 15) is 39.5 Å². The van der Waals surface area contributed by atoms with Crippen LogP contribution in [0.2, 0.25) is 13.1 Å². The van der Waals surface area contributed by atoms with Crippen molar-refractivity contribution in [3.8, 4) is 22.3 Å². The summed E-state index contributed by atoms with van der Waals surface area (Å²) in [6, 6.07) is 22.8. The van der Waals surface area contributed by atoms with Gasteiger partial charge in [0.25, 0.3) is 0 Å². The molecule has 2 unspecified atom stereocenters. The van der Waals surface area contributed by atoms with E-state index in [1.165, 1.54) is 11.1 Å².